The molecular formula is C35H53F17N2O3S. The maximum atomic E-state index is 13.0. The largest absolute Gasteiger partial charge is 0.460 e. The molecule has 1 unspecified atom stereocenters. The van der Waals surface area contributed by atoms with Crippen molar-refractivity contribution in [3.8, 4) is 0 Å². The zero-order valence-electron chi connectivity index (χ0n) is 32.0. The first-order valence-electron chi connectivity index (χ1n) is 19.4. The number of unbranched alkanes of at least 4 members (excludes halogenated alkanes) is 15. The highest BCUT2D eigenvalue weighted by Crippen LogP contribution is 2.64. The van der Waals surface area contributed by atoms with Gasteiger partial charge in [0.05, 0.1) is 0 Å². The molecule has 1 saturated heterocycles. The second kappa shape index (κ2) is 21.8. The minimum absolute atomic E-state index is 0.782. The van der Waals surface area contributed by atoms with Crippen LogP contribution in [0, 0.1) is 5.92 Å². The van der Waals surface area contributed by atoms with E-state index in [1.54, 1.807) is 0 Å². The summed E-state index contributed by atoms with van der Waals surface area (Å²) in [6.07, 6.45) is 22.4. The molecule has 0 aliphatic carbocycles. The van der Waals surface area contributed by atoms with Crippen molar-refractivity contribution in [2.75, 3.05) is 19.6 Å². The standard InChI is InChI=1S/C27H52N2.C8HF17O3S/c1-2-3-4-5-6-7-8-9-10-11-12-13-14-15-16-17-21-26-22-18-19-24-29-25-20-23-28-27(26)29;9-1(10,3(13,14)5(17,18)7(21,22)23)2(11,12)4(15,16)6(19,20)8(24,25)29(26,27)28/h26H,2-25H2,1H3;(H,26,27,28). The molecule has 1 N–H and O–H groups in total. The molecule has 23 heteroatoms. The van der Waals surface area contributed by atoms with E-state index in [1.807, 2.05) is 0 Å². The van der Waals surface area contributed by atoms with Gasteiger partial charge in [0.15, 0.2) is 0 Å². The lowest BCUT2D eigenvalue weighted by atomic mass is 9.91. The summed E-state index contributed by atoms with van der Waals surface area (Å²) in [5.41, 5.74) is 0. The van der Waals surface area contributed by atoms with Gasteiger partial charge in [-0.25, -0.2) is 0 Å². The predicted octanol–water partition coefficient (Wildman–Crippen LogP) is 13.4. The second-order valence-corrected chi connectivity index (χ2v) is 16.3. The minimum atomic E-state index is -8.89. The van der Waals surface area contributed by atoms with Crippen molar-refractivity contribution in [1.82, 2.24) is 4.90 Å². The zero-order chi connectivity index (χ0) is 44.9. The summed E-state index contributed by atoms with van der Waals surface area (Å²) in [5.74, 6) is -49.7. The van der Waals surface area contributed by atoms with Gasteiger partial charge in [0.25, 0.3) is 0 Å². The van der Waals surface area contributed by atoms with Gasteiger partial charge in [-0.1, -0.05) is 116 Å². The monoisotopic (exact) mass is 904 g/mol. The molecule has 0 aromatic rings. The van der Waals surface area contributed by atoms with Crippen LogP contribution in [0.1, 0.15) is 142 Å². The van der Waals surface area contributed by atoms with Crippen molar-refractivity contribution in [3.05, 3.63) is 0 Å². The zero-order valence-corrected chi connectivity index (χ0v) is 32.9. The molecule has 0 amide bonds. The smallest absolute Gasteiger partial charge is 0.360 e. The topological polar surface area (TPSA) is 70.0 Å². The van der Waals surface area contributed by atoms with Gasteiger partial charge >= 0.3 is 57.1 Å². The number of alkyl halides is 17. The molecule has 2 aliphatic heterocycles. The van der Waals surface area contributed by atoms with Crippen LogP contribution in [0.2, 0.25) is 0 Å². The molecule has 0 bridgehead atoms. The maximum absolute atomic E-state index is 13.0. The number of amidine groups is 1. The average molecular weight is 905 g/mol. The third-order valence-corrected chi connectivity index (χ3v) is 11.1. The van der Waals surface area contributed by atoms with Gasteiger partial charge in [0, 0.05) is 25.6 Å². The minimum Gasteiger partial charge on any atom is -0.360 e. The summed E-state index contributed by atoms with van der Waals surface area (Å²) in [6, 6.07) is 0. The van der Waals surface area contributed by atoms with Crippen LogP contribution in [-0.4, -0.2) is 90.3 Å². The molecule has 1 fully saturated rings. The molecule has 2 heterocycles. The van der Waals surface area contributed by atoms with Crippen molar-refractivity contribution in [2.45, 2.75) is 189 Å². The summed E-state index contributed by atoms with van der Waals surface area (Å²) in [6.45, 7) is 5.93. The molecule has 0 spiro atoms. The fourth-order valence-corrected chi connectivity index (χ4v) is 7.08. The lowest BCUT2D eigenvalue weighted by Crippen LogP contribution is -2.74. The summed E-state index contributed by atoms with van der Waals surface area (Å²) >= 11 is 0. The highest BCUT2D eigenvalue weighted by Gasteiger charge is 2.96. The molecule has 2 rings (SSSR count). The van der Waals surface area contributed by atoms with Gasteiger partial charge in [-0.15, -0.1) is 0 Å². The van der Waals surface area contributed by atoms with Crippen LogP contribution in [0.25, 0.3) is 0 Å². The summed E-state index contributed by atoms with van der Waals surface area (Å²) in [7, 11) is -7.89. The van der Waals surface area contributed by atoms with Crippen LogP contribution in [0.5, 0.6) is 0 Å². The van der Waals surface area contributed by atoms with Crippen LogP contribution in [0.15, 0.2) is 4.99 Å². The van der Waals surface area contributed by atoms with Crippen molar-refractivity contribution in [1.29, 1.82) is 0 Å². The number of fused-ring (bicyclic) bond motifs is 1. The Balaban J connectivity index is 0.000000580. The summed E-state index contributed by atoms with van der Waals surface area (Å²) in [5, 5.41) is -7.84. The molecule has 1 atom stereocenters. The van der Waals surface area contributed by atoms with E-state index in [2.05, 4.69) is 11.8 Å². The Morgan fingerprint density at radius 1 is 0.534 bits per heavy atom. The first-order valence-corrected chi connectivity index (χ1v) is 20.8. The van der Waals surface area contributed by atoms with Gasteiger partial charge in [-0.3, -0.25) is 9.55 Å². The molecule has 0 aromatic heterocycles. The van der Waals surface area contributed by atoms with Gasteiger partial charge in [0.1, 0.15) is 5.84 Å². The summed E-state index contributed by atoms with van der Waals surface area (Å²) < 4.78 is 242. The normalized spacial score (nSPS) is 18.3. The second-order valence-electron chi connectivity index (χ2n) is 14.8. The molecule has 58 heavy (non-hydrogen) atoms. The number of hydrogen-bond donors (Lipinski definition) is 1. The van der Waals surface area contributed by atoms with E-state index in [4.69, 9.17) is 9.55 Å². The van der Waals surface area contributed by atoms with Crippen LogP contribution in [0.3, 0.4) is 0 Å². The average Bonchev–Trinajstić information content (AvgIpc) is 3.32. The lowest BCUT2D eigenvalue weighted by Gasteiger charge is -2.42. The molecule has 0 aromatic carbocycles. The fourth-order valence-electron chi connectivity index (χ4n) is 6.63. The first kappa shape index (κ1) is 54.2. The van der Waals surface area contributed by atoms with Crippen LogP contribution in [0.4, 0.5) is 74.6 Å². The first-order chi connectivity index (χ1) is 26.4. The van der Waals surface area contributed by atoms with Crippen molar-refractivity contribution in [2.24, 2.45) is 10.9 Å². The van der Waals surface area contributed by atoms with Gasteiger partial charge in [0.2, 0.25) is 0 Å². The van der Waals surface area contributed by atoms with E-state index < -0.39 is 57.1 Å². The van der Waals surface area contributed by atoms with Gasteiger partial charge in [-0.2, -0.15) is 83.1 Å². The Morgan fingerprint density at radius 3 is 1.29 bits per heavy atom. The van der Waals surface area contributed by atoms with Gasteiger partial charge in [-0.05, 0) is 25.7 Å². The lowest BCUT2D eigenvalue weighted by molar-refractivity contribution is -0.458. The van der Waals surface area contributed by atoms with Crippen LogP contribution >= 0.6 is 0 Å². The number of rotatable bonds is 24. The Kier molecular flexibility index (Phi) is 20.4. The SMILES string of the molecule is CCCCCCCCCCCCCCCCCCC1CCCCN2CCCN=C12.O=S(=O)(O)C(F)(F)C(F)(F)C(F)(F)C(F)(F)C(F)(F)C(F)(F)C(F)(F)C(F)(F)F. The molecule has 346 valence electrons. The van der Waals surface area contributed by atoms with E-state index in [-0.39, 0.29) is 0 Å². The third kappa shape index (κ3) is 12.6. The van der Waals surface area contributed by atoms with Crippen molar-refractivity contribution >= 4 is 16.0 Å². The van der Waals surface area contributed by atoms with E-state index >= 15 is 0 Å². The van der Waals surface area contributed by atoms with E-state index in [0.29, 0.717) is 0 Å². The van der Waals surface area contributed by atoms with E-state index in [0.717, 1.165) is 12.5 Å². The maximum Gasteiger partial charge on any atom is 0.460 e. The number of halogens is 17. The van der Waals surface area contributed by atoms with E-state index in [1.165, 1.54) is 154 Å². The quantitative estimate of drug-likeness (QED) is 0.0595. The highest BCUT2D eigenvalue weighted by molar-refractivity contribution is 7.87. The van der Waals surface area contributed by atoms with Crippen molar-refractivity contribution in [3.63, 3.8) is 0 Å². The predicted molar refractivity (Wildman–Crippen MR) is 182 cm³/mol. The van der Waals surface area contributed by atoms with Crippen LogP contribution in [-0.2, 0) is 10.1 Å². The third-order valence-electron chi connectivity index (χ3n) is 10.2. The number of nitrogens with zero attached hydrogens (tertiary/aromatic N) is 2. The Labute approximate surface area is 327 Å². The van der Waals surface area contributed by atoms with Gasteiger partial charge < -0.3 is 4.90 Å². The Bertz CT molecular complexity index is 1360. The van der Waals surface area contributed by atoms with Crippen LogP contribution < -0.4 is 0 Å². The Hall–Kier alpha value is -1.81. The Morgan fingerprint density at radius 2 is 0.897 bits per heavy atom. The fraction of sp³-hybridized carbons (Fsp3) is 0.971. The number of hydrogen-bond acceptors (Lipinski definition) is 4. The van der Waals surface area contributed by atoms with E-state index in [9.17, 15) is 83.1 Å². The molecule has 5 nitrogen and oxygen atoms in total. The molecule has 2 aliphatic rings. The summed E-state index contributed by atoms with van der Waals surface area (Å²) in [4.78, 5) is 7.55. The highest BCUT2D eigenvalue weighted by atomic mass is 32.2. The van der Waals surface area contributed by atoms with Crippen molar-refractivity contribution < 1.29 is 87.6 Å². The number of aliphatic imine (C=N–C) groups is 1. The molecule has 0 saturated carbocycles. The molecule has 0 radical (unpaired) electrons. The molecular weight excluding hydrogens is 851 g/mol.